The number of ether oxygens (including phenoxy) is 3. The third-order valence-electron chi connectivity index (χ3n) is 4.72. The third kappa shape index (κ3) is 3.62. The molecule has 1 aromatic rings. The SMILES string of the molecule is CNC(=O)C1=C(C)NC(C)=C(C(=O)NC)C1c1cc(OC)c(OC)c(OC)c1. The predicted octanol–water partition coefficient (Wildman–Crippen LogP) is 1.44. The van der Waals surface area contributed by atoms with Crippen molar-refractivity contribution < 1.29 is 23.8 Å². The number of likely N-dealkylation sites (N-methyl/N-ethyl adjacent to an activating group) is 2. The van der Waals surface area contributed by atoms with Crippen molar-refractivity contribution in [2.75, 3.05) is 35.4 Å². The number of allylic oxidation sites excluding steroid dienone is 2. The van der Waals surface area contributed by atoms with Crippen LogP contribution in [0.25, 0.3) is 0 Å². The first-order chi connectivity index (χ1) is 13.3. The summed E-state index contributed by atoms with van der Waals surface area (Å²) in [6, 6.07) is 3.51. The summed E-state index contributed by atoms with van der Waals surface area (Å²) in [5.41, 5.74) is 2.90. The molecule has 1 heterocycles. The van der Waals surface area contributed by atoms with E-state index >= 15 is 0 Å². The third-order valence-corrected chi connectivity index (χ3v) is 4.72. The van der Waals surface area contributed by atoms with Gasteiger partial charge in [-0.25, -0.2) is 0 Å². The number of rotatable bonds is 6. The molecule has 0 aliphatic carbocycles. The minimum Gasteiger partial charge on any atom is -0.493 e. The molecule has 0 atom stereocenters. The molecule has 1 aromatic carbocycles. The minimum absolute atomic E-state index is 0.280. The topological polar surface area (TPSA) is 97.9 Å². The molecule has 8 nitrogen and oxygen atoms in total. The number of methoxy groups -OCH3 is 3. The molecule has 28 heavy (non-hydrogen) atoms. The monoisotopic (exact) mass is 389 g/mol. The molecule has 0 fully saturated rings. The van der Waals surface area contributed by atoms with Crippen LogP contribution in [0, 0.1) is 0 Å². The van der Waals surface area contributed by atoms with Crippen molar-refractivity contribution in [1.82, 2.24) is 16.0 Å². The summed E-state index contributed by atoms with van der Waals surface area (Å²) in [6.45, 7) is 3.61. The zero-order chi connectivity index (χ0) is 21.0. The summed E-state index contributed by atoms with van der Waals surface area (Å²) in [4.78, 5) is 25.4. The summed E-state index contributed by atoms with van der Waals surface area (Å²) >= 11 is 0. The largest absolute Gasteiger partial charge is 0.493 e. The Bertz CT molecular complexity index is 794. The first-order valence-corrected chi connectivity index (χ1v) is 8.77. The van der Waals surface area contributed by atoms with Crippen molar-refractivity contribution in [3.63, 3.8) is 0 Å². The fourth-order valence-electron chi connectivity index (χ4n) is 3.47. The van der Waals surface area contributed by atoms with Crippen LogP contribution >= 0.6 is 0 Å². The zero-order valence-electron chi connectivity index (χ0n) is 17.3. The second-order valence-corrected chi connectivity index (χ2v) is 6.25. The Kier molecular flexibility index (Phi) is 6.56. The van der Waals surface area contributed by atoms with E-state index in [4.69, 9.17) is 14.2 Å². The molecule has 0 unspecified atom stereocenters. The highest BCUT2D eigenvalue weighted by molar-refractivity contribution is 6.03. The van der Waals surface area contributed by atoms with E-state index in [1.165, 1.54) is 21.3 Å². The van der Waals surface area contributed by atoms with Gasteiger partial charge in [0, 0.05) is 42.6 Å². The molecular weight excluding hydrogens is 362 g/mol. The summed E-state index contributed by atoms with van der Waals surface area (Å²) < 4.78 is 16.3. The quantitative estimate of drug-likeness (QED) is 0.681. The Morgan fingerprint density at radius 2 is 1.29 bits per heavy atom. The normalized spacial score (nSPS) is 14.4. The molecule has 8 heteroatoms. The van der Waals surface area contributed by atoms with E-state index in [9.17, 15) is 9.59 Å². The molecule has 2 amide bonds. The van der Waals surface area contributed by atoms with Gasteiger partial charge < -0.3 is 30.2 Å². The fourth-order valence-corrected chi connectivity index (χ4v) is 3.47. The predicted molar refractivity (Wildman–Crippen MR) is 106 cm³/mol. The molecule has 152 valence electrons. The van der Waals surface area contributed by atoms with Crippen LogP contribution in [-0.2, 0) is 9.59 Å². The lowest BCUT2D eigenvalue weighted by Gasteiger charge is -2.31. The number of benzene rings is 1. The first-order valence-electron chi connectivity index (χ1n) is 8.77. The number of carbonyl (C=O) groups is 2. The van der Waals surface area contributed by atoms with Crippen LogP contribution in [0.5, 0.6) is 17.2 Å². The van der Waals surface area contributed by atoms with Crippen molar-refractivity contribution >= 4 is 11.8 Å². The number of hydrogen-bond acceptors (Lipinski definition) is 6. The van der Waals surface area contributed by atoms with Gasteiger partial charge >= 0.3 is 0 Å². The summed E-state index contributed by atoms with van der Waals surface area (Å²) in [5, 5.41) is 8.46. The van der Waals surface area contributed by atoms with E-state index in [-0.39, 0.29) is 11.8 Å². The van der Waals surface area contributed by atoms with Crippen molar-refractivity contribution in [3.05, 3.63) is 40.2 Å². The Morgan fingerprint density at radius 1 is 0.857 bits per heavy atom. The lowest BCUT2D eigenvalue weighted by Crippen LogP contribution is -2.37. The van der Waals surface area contributed by atoms with Gasteiger partial charge in [0.25, 0.3) is 0 Å². The van der Waals surface area contributed by atoms with Gasteiger partial charge in [-0.3, -0.25) is 9.59 Å². The van der Waals surface area contributed by atoms with E-state index in [0.29, 0.717) is 45.4 Å². The van der Waals surface area contributed by atoms with Gasteiger partial charge in [-0.15, -0.1) is 0 Å². The van der Waals surface area contributed by atoms with E-state index in [2.05, 4.69) is 16.0 Å². The Balaban J connectivity index is 2.82. The van der Waals surface area contributed by atoms with Crippen LogP contribution in [0.2, 0.25) is 0 Å². The first kappa shape index (κ1) is 21.1. The molecule has 1 aliphatic rings. The molecule has 0 saturated carbocycles. The van der Waals surface area contributed by atoms with Crippen LogP contribution in [0.3, 0.4) is 0 Å². The molecule has 0 aromatic heterocycles. The maximum Gasteiger partial charge on any atom is 0.249 e. The summed E-state index contributed by atoms with van der Waals surface area (Å²) in [7, 11) is 7.67. The van der Waals surface area contributed by atoms with Gasteiger partial charge in [0.2, 0.25) is 17.6 Å². The lowest BCUT2D eigenvalue weighted by molar-refractivity contribution is -0.117. The number of nitrogens with one attached hydrogen (secondary N) is 3. The maximum absolute atomic E-state index is 12.7. The Labute approximate surface area is 164 Å². The second kappa shape index (κ2) is 8.69. The highest BCUT2D eigenvalue weighted by atomic mass is 16.5. The van der Waals surface area contributed by atoms with Gasteiger partial charge in [-0.2, -0.15) is 0 Å². The number of amides is 2. The van der Waals surface area contributed by atoms with Crippen LogP contribution < -0.4 is 30.2 Å². The van der Waals surface area contributed by atoms with E-state index in [1.807, 2.05) is 0 Å². The second-order valence-electron chi connectivity index (χ2n) is 6.25. The van der Waals surface area contributed by atoms with Crippen LogP contribution in [0.1, 0.15) is 25.3 Å². The van der Waals surface area contributed by atoms with Gasteiger partial charge in [-0.05, 0) is 31.5 Å². The lowest BCUT2D eigenvalue weighted by atomic mass is 9.79. The average Bonchev–Trinajstić information content (AvgIpc) is 2.70. The van der Waals surface area contributed by atoms with Gasteiger partial charge in [0.1, 0.15) is 0 Å². The van der Waals surface area contributed by atoms with Crippen LogP contribution in [0.4, 0.5) is 0 Å². The molecule has 0 saturated heterocycles. The highest BCUT2D eigenvalue weighted by Crippen LogP contribution is 2.45. The smallest absolute Gasteiger partial charge is 0.249 e. The van der Waals surface area contributed by atoms with Gasteiger partial charge in [-0.1, -0.05) is 0 Å². The Morgan fingerprint density at radius 3 is 1.61 bits per heavy atom. The van der Waals surface area contributed by atoms with Crippen molar-refractivity contribution in [2.24, 2.45) is 0 Å². The number of carbonyl (C=O) groups excluding carboxylic acids is 2. The Hall–Kier alpha value is -3.16. The van der Waals surface area contributed by atoms with E-state index in [0.717, 1.165) is 0 Å². The van der Waals surface area contributed by atoms with Crippen molar-refractivity contribution in [2.45, 2.75) is 19.8 Å². The maximum atomic E-state index is 12.7. The van der Waals surface area contributed by atoms with Gasteiger partial charge in [0.05, 0.1) is 21.3 Å². The minimum atomic E-state index is -0.616. The van der Waals surface area contributed by atoms with Crippen LogP contribution in [0.15, 0.2) is 34.7 Å². The standard InChI is InChI=1S/C20H27N3O5/c1-10-15(19(24)21-3)17(16(11(2)23-10)20(25)22-4)12-8-13(26-5)18(28-7)14(9-12)27-6/h8-9,17,23H,1-7H3,(H,21,24)(H,22,25). The van der Waals surface area contributed by atoms with Gasteiger partial charge in [0.15, 0.2) is 11.5 Å². The molecule has 3 N–H and O–H groups in total. The van der Waals surface area contributed by atoms with Crippen molar-refractivity contribution in [3.8, 4) is 17.2 Å². The van der Waals surface area contributed by atoms with Crippen LogP contribution in [-0.4, -0.2) is 47.2 Å². The fraction of sp³-hybridized carbons (Fsp3) is 0.400. The molecule has 0 bridgehead atoms. The summed E-state index contributed by atoms with van der Waals surface area (Å²) in [5.74, 6) is 0.147. The number of hydrogen-bond donors (Lipinski definition) is 3. The summed E-state index contributed by atoms with van der Waals surface area (Å²) in [6.07, 6.45) is 0. The average molecular weight is 389 g/mol. The molecule has 2 rings (SSSR count). The van der Waals surface area contributed by atoms with E-state index < -0.39 is 5.92 Å². The van der Waals surface area contributed by atoms with E-state index in [1.54, 1.807) is 40.1 Å². The zero-order valence-corrected chi connectivity index (χ0v) is 17.3. The molecular formula is C20H27N3O5. The molecule has 0 spiro atoms. The molecule has 1 aliphatic heterocycles. The van der Waals surface area contributed by atoms with Crippen molar-refractivity contribution in [1.29, 1.82) is 0 Å². The number of dihydropyridines is 1. The highest BCUT2D eigenvalue weighted by Gasteiger charge is 2.36. The molecule has 0 radical (unpaired) electrons.